The second-order valence-electron chi connectivity index (χ2n) is 8.54. The molecule has 1 saturated carbocycles. The Morgan fingerprint density at radius 3 is 2.41 bits per heavy atom. The molecule has 1 aliphatic carbocycles. The van der Waals surface area contributed by atoms with E-state index in [1.54, 1.807) is 0 Å². The molecule has 7 nitrogen and oxygen atoms in total. The maximum Gasteiger partial charge on any atom is 0.229 e. The largest absolute Gasteiger partial charge is 0.392 e. The van der Waals surface area contributed by atoms with Gasteiger partial charge in [-0.25, -0.2) is 0 Å². The minimum Gasteiger partial charge on any atom is -0.392 e. The summed E-state index contributed by atoms with van der Waals surface area (Å²) in [6.45, 7) is 4.51. The van der Waals surface area contributed by atoms with Gasteiger partial charge < -0.3 is 9.84 Å². The van der Waals surface area contributed by atoms with Gasteiger partial charge in [0.05, 0.1) is 12.7 Å². The van der Waals surface area contributed by atoms with Crippen LogP contribution in [0.4, 0.5) is 0 Å². The lowest BCUT2D eigenvalue weighted by Crippen LogP contribution is -2.46. The monoisotopic (exact) mass is 379 g/mol. The Bertz CT molecular complexity index is 610. The van der Waals surface area contributed by atoms with Crippen LogP contribution in [-0.2, 0) is 23.9 Å². The topological polar surface area (TPSA) is 104 Å². The summed E-state index contributed by atoms with van der Waals surface area (Å²) >= 11 is 0. The first-order valence-corrected chi connectivity index (χ1v) is 9.95. The van der Waals surface area contributed by atoms with Gasteiger partial charge in [0.25, 0.3) is 0 Å². The van der Waals surface area contributed by atoms with Gasteiger partial charge in [-0.15, -0.1) is 0 Å². The highest BCUT2D eigenvalue weighted by Crippen LogP contribution is 2.35. The molecule has 1 N–H and O–H groups in total. The maximum absolute atomic E-state index is 12.4. The van der Waals surface area contributed by atoms with E-state index in [0.717, 1.165) is 11.3 Å². The standard InChI is InChI=1S/C20H29NO6/c1-11-5-12(2)20(26)14(6-11)16(23)7-13-8-18(24)21(19(25)9-13)4-3-15(22)17-10-27-17/h11-14,16-17,23H,3-10H2,1-2H3/t11-,12?,14?,16+,17?/m0/s1. The van der Waals surface area contributed by atoms with Crippen molar-refractivity contribution in [2.75, 3.05) is 13.2 Å². The van der Waals surface area contributed by atoms with Crippen LogP contribution in [0.5, 0.6) is 0 Å². The van der Waals surface area contributed by atoms with Crippen molar-refractivity contribution >= 4 is 23.4 Å². The van der Waals surface area contributed by atoms with E-state index in [0.29, 0.717) is 18.9 Å². The molecule has 2 aliphatic heterocycles. The molecule has 2 heterocycles. The zero-order valence-electron chi connectivity index (χ0n) is 16.1. The van der Waals surface area contributed by atoms with E-state index in [4.69, 9.17) is 4.74 Å². The van der Waals surface area contributed by atoms with Crippen LogP contribution in [-0.4, -0.2) is 58.7 Å². The van der Waals surface area contributed by atoms with Gasteiger partial charge in [0.15, 0.2) is 5.78 Å². The summed E-state index contributed by atoms with van der Waals surface area (Å²) in [5.41, 5.74) is 0. The number of Topliss-reactive ketones (excluding diaryl/α,β-unsaturated/α-hetero) is 2. The molecule has 27 heavy (non-hydrogen) atoms. The van der Waals surface area contributed by atoms with Gasteiger partial charge in [-0.05, 0) is 31.1 Å². The van der Waals surface area contributed by atoms with Crippen LogP contribution in [0.2, 0.25) is 0 Å². The van der Waals surface area contributed by atoms with E-state index in [9.17, 15) is 24.3 Å². The molecule has 0 bridgehead atoms. The first-order valence-electron chi connectivity index (χ1n) is 9.95. The third-order valence-electron chi connectivity index (χ3n) is 6.11. The summed E-state index contributed by atoms with van der Waals surface area (Å²) in [6, 6.07) is 0. The van der Waals surface area contributed by atoms with Crippen LogP contribution < -0.4 is 0 Å². The number of amides is 2. The van der Waals surface area contributed by atoms with Gasteiger partial charge in [0, 0.05) is 37.6 Å². The minimum atomic E-state index is -0.812. The Morgan fingerprint density at radius 2 is 1.81 bits per heavy atom. The number of carbonyl (C=O) groups is 4. The smallest absolute Gasteiger partial charge is 0.229 e. The normalized spacial score (nSPS) is 33.3. The van der Waals surface area contributed by atoms with Crippen molar-refractivity contribution in [1.29, 1.82) is 0 Å². The molecule has 3 unspecified atom stereocenters. The number of rotatable bonds is 7. The first kappa shape index (κ1) is 20.1. The van der Waals surface area contributed by atoms with E-state index in [1.807, 2.05) is 6.92 Å². The van der Waals surface area contributed by atoms with E-state index in [-0.39, 0.29) is 73.5 Å². The van der Waals surface area contributed by atoms with E-state index < -0.39 is 12.0 Å². The van der Waals surface area contributed by atoms with Gasteiger partial charge >= 0.3 is 0 Å². The number of ether oxygens (including phenoxy) is 1. The van der Waals surface area contributed by atoms with Gasteiger partial charge in [0.1, 0.15) is 11.9 Å². The molecule has 5 atom stereocenters. The molecule has 2 amide bonds. The average Bonchev–Trinajstić information content (AvgIpc) is 3.42. The van der Waals surface area contributed by atoms with Crippen LogP contribution >= 0.6 is 0 Å². The molecule has 0 aromatic rings. The number of epoxide rings is 1. The van der Waals surface area contributed by atoms with Gasteiger partial charge in [-0.3, -0.25) is 24.1 Å². The fraction of sp³-hybridized carbons (Fsp3) is 0.800. The summed E-state index contributed by atoms with van der Waals surface area (Å²) in [6.07, 6.45) is 1.09. The van der Waals surface area contributed by atoms with Gasteiger partial charge in [0.2, 0.25) is 11.8 Å². The van der Waals surface area contributed by atoms with Crippen LogP contribution in [0, 0.1) is 23.7 Å². The number of aliphatic hydroxyl groups is 1. The minimum absolute atomic E-state index is 0.0495. The van der Waals surface area contributed by atoms with Crippen molar-refractivity contribution in [2.45, 2.75) is 64.6 Å². The summed E-state index contributed by atoms with van der Waals surface area (Å²) in [4.78, 5) is 49.9. The van der Waals surface area contributed by atoms with Crippen LogP contribution in [0.25, 0.3) is 0 Å². The Hall–Kier alpha value is -1.60. The molecular formula is C20H29NO6. The molecule has 150 valence electrons. The molecule has 0 spiro atoms. The lowest BCUT2D eigenvalue weighted by atomic mass is 9.71. The second-order valence-corrected chi connectivity index (χ2v) is 8.54. The van der Waals surface area contributed by atoms with Crippen molar-refractivity contribution in [3.63, 3.8) is 0 Å². The predicted octanol–water partition coefficient (Wildman–Crippen LogP) is 1.11. The van der Waals surface area contributed by atoms with E-state index in [2.05, 4.69) is 6.92 Å². The van der Waals surface area contributed by atoms with E-state index in [1.165, 1.54) is 0 Å². The average molecular weight is 379 g/mol. The Kier molecular flexibility index (Phi) is 6.11. The predicted molar refractivity (Wildman–Crippen MR) is 95.5 cm³/mol. The molecule has 0 radical (unpaired) electrons. The number of piperidine rings is 1. The third-order valence-corrected chi connectivity index (χ3v) is 6.11. The summed E-state index contributed by atoms with van der Waals surface area (Å²) in [7, 11) is 0. The molecule has 0 aromatic carbocycles. The highest BCUT2D eigenvalue weighted by atomic mass is 16.6. The Labute approximate surface area is 159 Å². The molecule has 3 rings (SSSR count). The molecule has 2 saturated heterocycles. The number of carbonyl (C=O) groups excluding carboxylic acids is 4. The zero-order chi connectivity index (χ0) is 19.7. The SMILES string of the molecule is CC1C[C@H](C)CC([C@H](O)CC2CC(=O)N(CCC(=O)C3CO3)C(=O)C2)C1=O. The Morgan fingerprint density at radius 1 is 1.19 bits per heavy atom. The van der Waals surface area contributed by atoms with E-state index >= 15 is 0 Å². The van der Waals surface area contributed by atoms with Crippen LogP contribution in [0.1, 0.15) is 52.4 Å². The molecule has 3 fully saturated rings. The summed E-state index contributed by atoms with van der Waals surface area (Å²) < 4.78 is 4.91. The highest BCUT2D eigenvalue weighted by Gasteiger charge is 2.40. The third kappa shape index (κ3) is 4.82. The molecule has 3 aliphatic rings. The van der Waals surface area contributed by atoms with Crippen molar-refractivity contribution in [2.24, 2.45) is 23.7 Å². The molecular weight excluding hydrogens is 350 g/mol. The number of ketones is 2. The number of hydrogen-bond donors (Lipinski definition) is 1. The number of imide groups is 1. The lowest BCUT2D eigenvalue weighted by molar-refractivity contribution is -0.150. The lowest BCUT2D eigenvalue weighted by Gasteiger charge is -2.36. The second kappa shape index (κ2) is 8.19. The highest BCUT2D eigenvalue weighted by molar-refractivity contribution is 5.98. The summed E-state index contributed by atoms with van der Waals surface area (Å²) in [5, 5.41) is 10.6. The number of nitrogens with zero attached hydrogens (tertiary/aromatic N) is 1. The number of aliphatic hydroxyl groups excluding tert-OH is 1. The van der Waals surface area contributed by atoms with Crippen molar-refractivity contribution in [1.82, 2.24) is 4.90 Å². The summed E-state index contributed by atoms with van der Waals surface area (Å²) in [5.74, 6) is -0.901. The van der Waals surface area contributed by atoms with Gasteiger partial charge in [-0.1, -0.05) is 13.8 Å². The van der Waals surface area contributed by atoms with Gasteiger partial charge in [-0.2, -0.15) is 0 Å². The molecule has 0 aromatic heterocycles. The zero-order valence-corrected chi connectivity index (χ0v) is 16.1. The number of likely N-dealkylation sites (tertiary alicyclic amines) is 1. The van der Waals surface area contributed by atoms with Crippen molar-refractivity contribution in [3.05, 3.63) is 0 Å². The maximum atomic E-state index is 12.4. The fourth-order valence-electron chi connectivity index (χ4n) is 4.54. The van der Waals surface area contributed by atoms with Crippen molar-refractivity contribution < 1.29 is 29.0 Å². The fourth-order valence-corrected chi connectivity index (χ4v) is 4.54. The molecule has 7 heteroatoms. The Balaban J connectivity index is 1.51. The number of hydrogen-bond acceptors (Lipinski definition) is 6. The quantitative estimate of drug-likeness (QED) is 0.525. The van der Waals surface area contributed by atoms with Crippen LogP contribution in [0.15, 0.2) is 0 Å². The van der Waals surface area contributed by atoms with Crippen molar-refractivity contribution in [3.8, 4) is 0 Å². The van der Waals surface area contributed by atoms with Crippen LogP contribution in [0.3, 0.4) is 0 Å². The first-order chi connectivity index (χ1) is 12.8.